The molecule has 1 amide bonds. The molecule has 0 fully saturated rings. The minimum Gasteiger partial charge on any atom is -0.497 e. The number of aromatic nitrogens is 4. The van der Waals surface area contributed by atoms with Crippen LogP contribution in [-0.4, -0.2) is 58.0 Å². The van der Waals surface area contributed by atoms with Gasteiger partial charge in [0.2, 0.25) is 5.88 Å². The molecule has 0 unspecified atom stereocenters. The number of benzene rings is 2. The molecule has 13 heteroatoms. The Hall–Kier alpha value is -4.45. The van der Waals surface area contributed by atoms with Gasteiger partial charge >= 0.3 is 0 Å². The van der Waals surface area contributed by atoms with Gasteiger partial charge in [0, 0.05) is 24.3 Å². The maximum absolute atomic E-state index is 12.3. The summed E-state index contributed by atoms with van der Waals surface area (Å²) in [7, 11) is 3.11. The number of nitrogens with one attached hydrogen (secondary N) is 1. The molecule has 0 saturated heterocycles. The lowest BCUT2D eigenvalue weighted by atomic mass is 10.2. The Kier molecular flexibility index (Phi) is 6.92. The normalized spacial score (nSPS) is 10.7. The van der Waals surface area contributed by atoms with Crippen molar-refractivity contribution in [3.63, 3.8) is 0 Å². The number of fused-ring (bicyclic) bond motifs is 1. The van der Waals surface area contributed by atoms with Crippen molar-refractivity contribution in [2.24, 2.45) is 0 Å². The number of rotatable bonds is 9. The number of carbonyl (C=O) groups excluding carboxylic acids is 1. The van der Waals surface area contributed by atoms with E-state index in [4.69, 9.17) is 25.8 Å². The molecule has 0 aliphatic heterocycles. The molecule has 0 radical (unpaired) electrons. The Bertz CT molecular complexity index is 1410. The number of amides is 1. The Morgan fingerprint density at radius 1 is 1.11 bits per heavy atom. The zero-order valence-corrected chi connectivity index (χ0v) is 19.4. The van der Waals surface area contributed by atoms with Crippen LogP contribution in [0.25, 0.3) is 17.0 Å². The van der Waals surface area contributed by atoms with E-state index in [0.717, 1.165) is 6.07 Å². The second kappa shape index (κ2) is 10.2. The van der Waals surface area contributed by atoms with Crippen molar-refractivity contribution in [3.8, 4) is 28.8 Å². The van der Waals surface area contributed by atoms with Gasteiger partial charge in [-0.1, -0.05) is 11.6 Å². The highest BCUT2D eigenvalue weighted by Gasteiger charge is 2.17. The molecule has 2 aromatic heterocycles. The highest BCUT2D eigenvalue weighted by Crippen LogP contribution is 2.32. The molecule has 0 bridgehead atoms. The largest absolute Gasteiger partial charge is 0.497 e. The first kappa shape index (κ1) is 23.7. The first-order chi connectivity index (χ1) is 16.9. The lowest BCUT2D eigenvalue weighted by Crippen LogP contribution is -2.28. The Morgan fingerprint density at radius 3 is 2.66 bits per heavy atom. The number of hydrogen-bond donors (Lipinski definition) is 1. The van der Waals surface area contributed by atoms with Gasteiger partial charge in [-0.3, -0.25) is 14.9 Å². The minimum atomic E-state index is -0.586. The van der Waals surface area contributed by atoms with E-state index < -0.39 is 10.8 Å². The first-order valence-electron chi connectivity index (χ1n) is 10.2. The third kappa shape index (κ3) is 5.06. The number of halogens is 1. The first-order valence-corrected chi connectivity index (χ1v) is 10.6. The van der Waals surface area contributed by atoms with Crippen LogP contribution in [0.2, 0.25) is 5.02 Å². The smallest absolute Gasteiger partial charge is 0.270 e. The predicted molar refractivity (Wildman–Crippen MR) is 125 cm³/mol. The van der Waals surface area contributed by atoms with E-state index >= 15 is 0 Å². The van der Waals surface area contributed by atoms with Gasteiger partial charge in [0.25, 0.3) is 11.6 Å². The Balaban J connectivity index is 1.43. The molecule has 12 nitrogen and oxygen atoms in total. The quantitative estimate of drug-likeness (QED) is 0.209. The molecule has 0 saturated carbocycles. The van der Waals surface area contributed by atoms with Gasteiger partial charge < -0.3 is 19.5 Å². The van der Waals surface area contributed by atoms with Crippen molar-refractivity contribution < 1.29 is 23.9 Å². The van der Waals surface area contributed by atoms with Gasteiger partial charge in [-0.2, -0.15) is 4.52 Å². The number of nitrogens with zero attached hydrogens (tertiary/aromatic N) is 5. The van der Waals surface area contributed by atoms with Crippen molar-refractivity contribution >= 4 is 28.8 Å². The summed E-state index contributed by atoms with van der Waals surface area (Å²) < 4.78 is 17.9. The lowest BCUT2D eigenvalue weighted by molar-refractivity contribution is -0.384. The molecule has 0 aliphatic carbocycles. The van der Waals surface area contributed by atoms with Crippen molar-refractivity contribution in [2.75, 3.05) is 27.4 Å². The van der Waals surface area contributed by atoms with Crippen molar-refractivity contribution in [3.05, 3.63) is 69.2 Å². The van der Waals surface area contributed by atoms with Crippen LogP contribution in [0.15, 0.2) is 48.5 Å². The number of nitro groups is 1. The number of hydrogen-bond acceptors (Lipinski definition) is 9. The average molecular weight is 499 g/mol. The van der Waals surface area contributed by atoms with E-state index in [0.29, 0.717) is 28.5 Å². The van der Waals surface area contributed by atoms with Crippen LogP contribution in [0.4, 0.5) is 5.69 Å². The zero-order valence-electron chi connectivity index (χ0n) is 18.6. The maximum Gasteiger partial charge on any atom is 0.270 e. The van der Waals surface area contributed by atoms with E-state index in [1.54, 1.807) is 44.6 Å². The molecule has 4 rings (SSSR count). The van der Waals surface area contributed by atoms with Gasteiger partial charge in [-0.15, -0.1) is 15.3 Å². The highest BCUT2D eigenvalue weighted by atomic mass is 35.5. The third-order valence-corrected chi connectivity index (χ3v) is 5.25. The summed E-state index contributed by atoms with van der Waals surface area (Å²) in [6.07, 6.45) is 0. The Labute approximate surface area is 203 Å². The number of carbonyl (C=O) groups is 1. The molecule has 4 aromatic rings. The fraction of sp³-hybridized carbons (Fsp3) is 0.182. The summed E-state index contributed by atoms with van der Waals surface area (Å²) in [5.41, 5.74) is 1.10. The third-order valence-electron chi connectivity index (χ3n) is 4.93. The van der Waals surface area contributed by atoms with Gasteiger partial charge in [-0.05, 0) is 24.3 Å². The van der Waals surface area contributed by atoms with Gasteiger partial charge in [-0.25, -0.2) is 0 Å². The zero-order chi connectivity index (χ0) is 24.9. The summed E-state index contributed by atoms with van der Waals surface area (Å²) in [6, 6.07) is 12.3. The Morgan fingerprint density at radius 2 is 1.94 bits per heavy atom. The van der Waals surface area contributed by atoms with E-state index in [2.05, 4.69) is 20.6 Å². The van der Waals surface area contributed by atoms with Crippen molar-refractivity contribution in [2.45, 2.75) is 0 Å². The summed E-state index contributed by atoms with van der Waals surface area (Å²) in [5.74, 6) is 1.43. The predicted octanol–water partition coefficient (Wildman–Crippen LogP) is 3.18. The number of ether oxygens (including phenoxy) is 3. The highest BCUT2D eigenvalue weighted by molar-refractivity contribution is 6.34. The maximum atomic E-state index is 12.3. The number of methoxy groups -OCH3 is 2. The van der Waals surface area contributed by atoms with Crippen LogP contribution >= 0.6 is 11.6 Å². The van der Waals surface area contributed by atoms with Crippen LogP contribution in [0, 0.1) is 10.1 Å². The molecular formula is C22H19ClN6O6. The SMILES string of the molecule is COc1ccc(-c2nnc3ccc(OCCNC(=O)c4ccc([N+](=O)[O-])cc4Cl)nn23)c(OC)c1. The number of non-ortho nitro benzene ring substituents is 1. The van der Waals surface area contributed by atoms with E-state index in [1.807, 2.05) is 0 Å². The molecule has 0 atom stereocenters. The average Bonchev–Trinajstić information content (AvgIpc) is 3.29. The van der Waals surface area contributed by atoms with Crippen LogP contribution in [0.1, 0.15) is 10.4 Å². The fourth-order valence-corrected chi connectivity index (χ4v) is 3.48. The van der Waals surface area contributed by atoms with Crippen molar-refractivity contribution in [1.82, 2.24) is 25.1 Å². The molecule has 1 N–H and O–H groups in total. The second-order valence-electron chi connectivity index (χ2n) is 7.06. The standard InChI is InChI=1S/C22H19ClN6O6/c1-33-14-4-6-16(18(12-14)34-2)21-26-25-19-7-8-20(27-28(19)21)35-10-9-24-22(30)15-5-3-13(29(31)32)11-17(15)23/h3-8,11-12H,9-10H2,1-2H3,(H,24,30). The molecule has 180 valence electrons. The second-order valence-corrected chi connectivity index (χ2v) is 7.46. The minimum absolute atomic E-state index is 0.0150. The van der Waals surface area contributed by atoms with Crippen molar-refractivity contribution in [1.29, 1.82) is 0 Å². The van der Waals surface area contributed by atoms with Crippen LogP contribution < -0.4 is 19.5 Å². The van der Waals surface area contributed by atoms with Crippen LogP contribution in [0.3, 0.4) is 0 Å². The summed E-state index contributed by atoms with van der Waals surface area (Å²) in [4.78, 5) is 22.5. The van der Waals surface area contributed by atoms with Gasteiger partial charge in [0.1, 0.15) is 18.1 Å². The lowest BCUT2D eigenvalue weighted by Gasteiger charge is -2.10. The van der Waals surface area contributed by atoms with E-state index in [-0.39, 0.29) is 35.3 Å². The number of nitro benzene ring substituents is 1. The molecular weight excluding hydrogens is 480 g/mol. The fourth-order valence-electron chi connectivity index (χ4n) is 3.22. The molecule has 2 aromatic carbocycles. The van der Waals surface area contributed by atoms with Gasteiger partial charge in [0.15, 0.2) is 11.5 Å². The molecule has 0 aliphatic rings. The molecule has 2 heterocycles. The van der Waals surface area contributed by atoms with E-state index in [9.17, 15) is 14.9 Å². The summed E-state index contributed by atoms with van der Waals surface area (Å²) in [6.45, 7) is 0.255. The van der Waals surface area contributed by atoms with Crippen LogP contribution in [0.5, 0.6) is 17.4 Å². The summed E-state index contributed by atoms with van der Waals surface area (Å²) in [5, 5.41) is 26.2. The van der Waals surface area contributed by atoms with Gasteiger partial charge in [0.05, 0.1) is 41.8 Å². The topological polar surface area (TPSA) is 143 Å². The molecule has 35 heavy (non-hydrogen) atoms. The van der Waals surface area contributed by atoms with Crippen LogP contribution in [-0.2, 0) is 0 Å². The van der Waals surface area contributed by atoms with E-state index in [1.165, 1.54) is 16.6 Å². The monoisotopic (exact) mass is 498 g/mol. The summed E-state index contributed by atoms with van der Waals surface area (Å²) >= 11 is 5.99. The molecule has 0 spiro atoms.